The Bertz CT molecular complexity index is 572. The van der Waals surface area contributed by atoms with Crippen LogP contribution in [0.3, 0.4) is 0 Å². The number of hydrogen-bond donors (Lipinski definition) is 0. The molecule has 0 N–H and O–H groups in total. The summed E-state index contributed by atoms with van der Waals surface area (Å²) in [6.45, 7) is 18.5. The van der Waals surface area contributed by atoms with Crippen molar-refractivity contribution < 1.29 is 47.4 Å². The van der Waals surface area contributed by atoms with Crippen LogP contribution >= 0.6 is 0 Å². The van der Waals surface area contributed by atoms with Gasteiger partial charge < -0.3 is 47.4 Å². The zero-order valence-electron chi connectivity index (χ0n) is 32.4. The highest BCUT2D eigenvalue weighted by atomic mass is 16.6. The molecular weight excluding hydrogens is 628 g/mol. The van der Waals surface area contributed by atoms with Gasteiger partial charge in [-0.1, -0.05) is 111 Å². The molecule has 1 unspecified atom stereocenters. The van der Waals surface area contributed by atoms with E-state index in [2.05, 4.69) is 20.8 Å². The molecule has 0 rings (SSSR count). The first kappa shape index (κ1) is 48.6. The van der Waals surface area contributed by atoms with Crippen molar-refractivity contribution >= 4 is 0 Å². The minimum atomic E-state index is 0.534. The number of unbranched alkanes of at least 4 members (excludes halogenated alkanes) is 13. The molecule has 10 nitrogen and oxygen atoms in total. The van der Waals surface area contributed by atoms with Gasteiger partial charge in [0.1, 0.15) is 0 Å². The summed E-state index contributed by atoms with van der Waals surface area (Å²) in [5.74, 6) is 0.602. The fourth-order valence-electron chi connectivity index (χ4n) is 4.78. The van der Waals surface area contributed by atoms with Crippen molar-refractivity contribution in [2.45, 2.75) is 117 Å². The molecule has 0 aliphatic heterocycles. The third-order valence-electron chi connectivity index (χ3n) is 8.09. The van der Waals surface area contributed by atoms with E-state index in [1.807, 2.05) is 0 Å². The average Bonchev–Trinajstić information content (AvgIpc) is 3.11. The first-order chi connectivity index (χ1) is 24.3. The molecule has 0 aromatic carbocycles. The second kappa shape index (κ2) is 45.6. The lowest BCUT2D eigenvalue weighted by Gasteiger charge is -2.10. The van der Waals surface area contributed by atoms with E-state index in [4.69, 9.17) is 47.4 Å². The van der Waals surface area contributed by atoms with Crippen molar-refractivity contribution in [2.75, 3.05) is 132 Å². The van der Waals surface area contributed by atoms with Crippen LogP contribution in [0, 0.1) is 5.92 Å². The Morgan fingerprint density at radius 1 is 0.265 bits per heavy atom. The van der Waals surface area contributed by atoms with Crippen LogP contribution in [0.15, 0.2) is 0 Å². The van der Waals surface area contributed by atoms with Gasteiger partial charge in [0.25, 0.3) is 0 Å². The third-order valence-corrected chi connectivity index (χ3v) is 8.09. The van der Waals surface area contributed by atoms with Gasteiger partial charge in [0.15, 0.2) is 0 Å². The highest BCUT2D eigenvalue weighted by molar-refractivity contribution is 4.50. The molecule has 0 amide bonds. The Morgan fingerprint density at radius 2 is 0.490 bits per heavy atom. The summed E-state index contributed by atoms with van der Waals surface area (Å²) in [6, 6.07) is 0. The predicted molar refractivity (Wildman–Crippen MR) is 198 cm³/mol. The smallest absolute Gasteiger partial charge is 0.0701 e. The highest BCUT2D eigenvalue weighted by Crippen LogP contribution is 2.13. The lowest BCUT2D eigenvalue weighted by molar-refractivity contribution is -0.0268. The molecule has 0 heterocycles. The van der Waals surface area contributed by atoms with E-state index in [0.717, 1.165) is 26.1 Å². The molecule has 0 spiro atoms. The minimum absolute atomic E-state index is 0.534. The fourth-order valence-corrected chi connectivity index (χ4v) is 4.78. The van der Waals surface area contributed by atoms with E-state index in [1.54, 1.807) is 0 Å². The van der Waals surface area contributed by atoms with Crippen molar-refractivity contribution in [1.29, 1.82) is 0 Å². The van der Waals surface area contributed by atoms with Crippen molar-refractivity contribution in [3.8, 4) is 0 Å². The van der Waals surface area contributed by atoms with Crippen molar-refractivity contribution in [1.82, 2.24) is 0 Å². The molecular formula is C39H80O10. The largest absolute Gasteiger partial charge is 0.379 e. The molecule has 0 radical (unpaired) electrons. The summed E-state index contributed by atoms with van der Waals surface area (Å²) in [5, 5.41) is 0. The van der Waals surface area contributed by atoms with E-state index in [9.17, 15) is 0 Å². The fraction of sp³-hybridized carbons (Fsp3) is 1.00. The van der Waals surface area contributed by atoms with Crippen LogP contribution in [-0.4, -0.2) is 132 Å². The SMILES string of the molecule is CCCCCCCCCCCCCCCCOCCOCCOCCOCCOCCOCCOCCOCCOCCOCC(C)CC. The van der Waals surface area contributed by atoms with E-state index in [0.29, 0.717) is 125 Å². The maximum absolute atomic E-state index is 5.68. The van der Waals surface area contributed by atoms with Gasteiger partial charge in [-0.05, 0) is 12.3 Å². The zero-order chi connectivity index (χ0) is 35.4. The number of rotatable bonds is 45. The van der Waals surface area contributed by atoms with Gasteiger partial charge in [0, 0.05) is 13.2 Å². The lowest BCUT2D eigenvalue weighted by Crippen LogP contribution is -2.15. The Morgan fingerprint density at radius 3 is 0.755 bits per heavy atom. The summed E-state index contributed by atoms with van der Waals surface area (Å²) in [7, 11) is 0. The normalized spacial score (nSPS) is 12.3. The van der Waals surface area contributed by atoms with Crippen LogP contribution in [0.5, 0.6) is 0 Å². The zero-order valence-corrected chi connectivity index (χ0v) is 32.4. The first-order valence-corrected chi connectivity index (χ1v) is 20.1. The molecule has 0 bridgehead atoms. The number of ether oxygens (including phenoxy) is 10. The molecule has 0 aromatic rings. The average molecular weight is 709 g/mol. The van der Waals surface area contributed by atoms with Crippen LogP contribution in [0.4, 0.5) is 0 Å². The lowest BCUT2D eigenvalue weighted by atomic mass is 10.0. The molecule has 0 aromatic heterocycles. The Labute approximate surface area is 302 Å². The van der Waals surface area contributed by atoms with Gasteiger partial charge in [-0.15, -0.1) is 0 Å². The monoisotopic (exact) mass is 709 g/mol. The first-order valence-electron chi connectivity index (χ1n) is 20.1. The Kier molecular flexibility index (Phi) is 45.2. The maximum Gasteiger partial charge on any atom is 0.0701 e. The number of hydrogen-bond acceptors (Lipinski definition) is 10. The summed E-state index contributed by atoms with van der Waals surface area (Å²) >= 11 is 0. The van der Waals surface area contributed by atoms with Crippen molar-refractivity contribution in [3.63, 3.8) is 0 Å². The van der Waals surface area contributed by atoms with E-state index in [-0.39, 0.29) is 0 Å². The molecule has 0 fully saturated rings. The second-order valence-electron chi connectivity index (χ2n) is 12.7. The molecule has 0 saturated carbocycles. The van der Waals surface area contributed by atoms with Crippen LogP contribution in [0.25, 0.3) is 0 Å². The van der Waals surface area contributed by atoms with E-state index >= 15 is 0 Å². The van der Waals surface area contributed by atoms with Crippen molar-refractivity contribution in [2.24, 2.45) is 5.92 Å². The third kappa shape index (κ3) is 45.6. The van der Waals surface area contributed by atoms with Gasteiger partial charge in [-0.25, -0.2) is 0 Å². The highest BCUT2D eigenvalue weighted by Gasteiger charge is 1.99. The Balaban J connectivity index is 3.05. The molecule has 49 heavy (non-hydrogen) atoms. The second-order valence-corrected chi connectivity index (χ2v) is 12.7. The van der Waals surface area contributed by atoms with Crippen LogP contribution in [0.2, 0.25) is 0 Å². The van der Waals surface area contributed by atoms with Gasteiger partial charge >= 0.3 is 0 Å². The minimum Gasteiger partial charge on any atom is -0.379 e. The van der Waals surface area contributed by atoms with Crippen LogP contribution in [0.1, 0.15) is 117 Å². The molecule has 0 saturated heterocycles. The van der Waals surface area contributed by atoms with Gasteiger partial charge in [0.2, 0.25) is 0 Å². The maximum atomic E-state index is 5.68. The van der Waals surface area contributed by atoms with Gasteiger partial charge in [-0.3, -0.25) is 0 Å². The molecule has 0 aliphatic carbocycles. The Hall–Kier alpha value is -0.400. The van der Waals surface area contributed by atoms with Gasteiger partial charge in [-0.2, -0.15) is 0 Å². The molecule has 1 atom stereocenters. The van der Waals surface area contributed by atoms with Crippen molar-refractivity contribution in [3.05, 3.63) is 0 Å². The molecule has 10 heteroatoms. The topological polar surface area (TPSA) is 92.3 Å². The summed E-state index contributed by atoms with van der Waals surface area (Å²) in [6.07, 6.45) is 20.4. The summed E-state index contributed by atoms with van der Waals surface area (Å²) in [4.78, 5) is 0. The van der Waals surface area contributed by atoms with E-state index in [1.165, 1.54) is 83.5 Å². The standard InChI is InChI=1S/C39H80O10/c1-4-6-7-8-9-10-11-12-13-14-15-16-17-18-19-40-20-21-41-22-23-42-24-25-43-26-27-44-28-29-45-30-31-46-32-33-47-34-35-48-36-37-49-38-39(3)5-2/h39H,4-38H2,1-3H3. The van der Waals surface area contributed by atoms with Gasteiger partial charge in [0.05, 0.1) is 119 Å². The molecule has 0 aliphatic rings. The van der Waals surface area contributed by atoms with Crippen LogP contribution in [-0.2, 0) is 47.4 Å². The quantitative estimate of drug-likeness (QED) is 0.0587. The van der Waals surface area contributed by atoms with Crippen LogP contribution < -0.4 is 0 Å². The molecule has 296 valence electrons. The predicted octanol–water partition coefficient (Wildman–Crippen LogP) is 7.68. The summed E-state index contributed by atoms with van der Waals surface area (Å²) < 4.78 is 55.3. The van der Waals surface area contributed by atoms with E-state index < -0.39 is 0 Å². The summed E-state index contributed by atoms with van der Waals surface area (Å²) in [5.41, 5.74) is 0.